The zero-order chi connectivity index (χ0) is 13.7. The highest BCUT2D eigenvalue weighted by Crippen LogP contribution is 2.15. The topological polar surface area (TPSA) is 12.5 Å². The van der Waals surface area contributed by atoms with Gasteiger partial charge >= 0.3 is 0 Å². The first kappa shape index (κ1) is 13.6. The van der Waals surface area contributed by atoms with Crippen LogP contribution in [0, 0.1) is 5.82 Å². The molecule has 0 aliphatic rings. The summed E-state index contributed by atoms with van der Waals surface area (Å²) in [5, 5.41) is 0. The average Bonchev–Trinajstić information content (AvgIpc) is 2.41. The number of rotatable bonds is 5. The van der Waals surface area contributed by atoms with Gasteiger partial charge in [0.15, 0.2) is 0 Å². The zero-order valence-corrected chi connectivity index (χ0v) is 11.3. The van der Waals surface area contributed by atoms with E-state index in [2.05, 4.69) is 11.0 Å². The number of halogens is 1. The van der Waals surface area contributed by atoms with Crippen molar-refractivity contribution >= 4 is 0 Å². The summed E-state index contributed by atoms with van der Waals surface area (Å²) in [5.74, 6) is 0.673. The first-order valence-corrected chi connectivity index (χ1v) is 6.23. The van der Waals surface area contributed by atoms with Gasteiger partial charge in [0.1, 0.15) is 11.6 Å². The molecule has 0 N–H and O–H groups in total. The summed E-state index contributed by atoms with van der Waals surface area (Å²) in [6, 6.07) is 14.6. The zero-order valence-electron chi connectivity index (χ0n) is 11.3. The first-order chi connectivity index (χ1) is 9.17. The predicted octanol–water partition coefficient (Wildman–Crippen LogP) is 3.47. The van der Waals surface area contributed by atoms with Gasteiger partial charge in [0, 0.05) is 13.1 Å². The van der Waals surface area contributed by atoms with Gasteiger partial charge in [-0.3, -0.25) is 4.90 Å². The largest absolute Gasteiger partial charge is 0.497 e. The Morgan fingerprint density at radius 3 is 2.37 bits per heavy atom. The Morgan fingerprint density at radius 2 is 1.68 bits per heavy atom. The molecule has 0 saturated heterocycles. The van der Waals surface area contributed by atoms with Gasteiger partial charge in [-0.2, -0.15) is 0 Å². The SMILES string of the molecule is COc1cccc(CN(C)Cc2ccc(F)cc2)c1. The summed E-state index contributed by atoms with van der Waals surface area (Å²) >= 11 is 0. The molecule has 0 fully saturated rings. The molecule has 0 amide bonds. The lowest BCUT2D eigenvalue weighted by Crippen LogP contribution is -2.17. The monoisotopic (exact) mass is 259 g/mol. The molecule has 2 aromatic rings. The van der Waals surface area contributed by atoms with Crippen molar-refractivity contribution in [3.63, 3.8) is 0 Å². The molecule has 0 aliphatic carbocycles. The molecule has 0 saturated carbocycles. The molecular weight excluding hydrogens is 241 g/mol. The minimum atomic E-state index is -0.195. The van der Waals surface area contributed by atoms with E-state index in [0.717, 1.165) is 24.4 Å². The van der Waals surface area contributed by atoms with E-state index in [1.54, 1.807) is 7.11 Å². The number of nitrogens with zero attached hydrogens (tertiary/aromatic N) is 1. The second kappa shape index (κ2) is 6.34. The molecule has 3 heteroatoms. The van der Waals surface area contributed by atoms with E-state index in [9.17, 15) is 4.39 Å². The number of methoxy groups -OCH3 is 1. The van der Waals surface area contributed by atoms with Crippen molar-refractivity contribution < 1.29 is 9.13 Å². The third-order valence-electron chi connectivity index (χ3n) is 2.95. The maximum absolute atomic E-state index is 12.8. The highest BCUT2D eigenvalue weighted by Gasteiger charge is 2.03. The Hall–Kier alpha value is -1.87. The van der Waals surface area contributed by atoms with Crippen molar-refractivity contribution in [1.29, 1.82) is 0 Å². The quantitative estimate of drug-likeness (QED) is 0.815. The number of hydrogen-bond acceptors (Lipinski definition) is 2. The van der Waals surface area contributed by atoms with Gasteiger partial charge in [0.25, 0.3) is 0 Å². The van der Waals surface area contributed by atoms with Crippen molar-refractivity contribution in [2.45, 2.75) is 13.1 Å². The summed E-state index contributed by atoms with van der Waals surface area (Å²) in [4.78, 5) is 2.18. The van der Waals surface area contributed by atoms with Crippen LogP contribution in [-0.4, -0.2) is 19.1 Å². The molecule has 100 valence electrons. The minimum Gasteiger partial charge on any atom is -0.497 e. The third kappa shape index (κ3) is 4.07. The molecule has 19 heavy (non-hydrogen) atoms. The Labute approximate surface area is 113 Å². The molecule has 0 bridgehead atoms. The first-order valence-electron chi connectivity index (χ1n) is 6.23. The standard InChI is InChI=1S/C16H18FNO/c1-18(11-13-6-8-15(17)9-7-13)12-14-4-3-5-16(10-14)19-2/h3-10H,11-12H2,1-2H3. The molecule has 0 heterocycles. The van der Waals surface area contributed by atoms with Crippen LogP contribution in [0.15, 0.2) is 48.5 Å². The predicted molar refractivity (Wildman–Crippen MR) is 74.6 cm³/mol. The lowest BCUT2D eigenvalue weighted by atomic mass is 10.1. The molecule has 2 aromatic carbocycles. The van der Waals surface area contributed by atoms with Gasteiger partial charge in [-0.05, 0) is 42.4 Å². The molecule has 0 atom stereocenters. The number of hydrogen-bond donors (Lipinski definition) is 0. The van der Waals surface area contributed by atoms with Crippen LogP contribution in [0.5, 0.6) is 5.75 Å². The van der Waals surface area contributed by atoms with Crippen molar-refractivity contribution in [2.75, 3.05) is 14.2 Å². The van der Waals surface area contributed by atoms with Gasteiger partial charge in [-0.15, -0.1) is 0 Å². The van der Waals surface area contributed by atoms with E-state index in [-0.39, 0.29) is 5.82 Å². The second-order valence-electron chi connectivity index (χ2n) is 4.65. The van der Waals surface area contributed by atoms with E-state index in [0.29, 0.717) is 0 Å². The van der Waals surface area contributed by atoms with Crippen LogP contribution in [0.25, 0.3) is 0 Å². The minimum absolute atomic E-state index is 0.195. The van der Waals surface area contributed by atoms with E-state index >= 15 is 0 Å². The Bertz CT molecular complexity index is 525. The average molecular weight is 259 g/mol. The van der Waals surface area contributed by atoms with Gasteiger partial charge in [-0.1, -0.05) is 24.3 Å². The van der Waals surface area contributed by atoms with Crippen LogP contribution in [-0.2, 0) is 13.1 Å². The highest BCUT2D eigenvalue weighted by atomic mass is 19.1. The smallest absolute Gasteiger partial charge is 0.123 e. The van der Waals surface area contributed by atoms with E-state index < -0.39 is 0 Å². The van der Waals surface area contributed by atoms with Crippen molar-refractivity contribution in [1.82, 2.24) is 4.90 Å². The van der Waals surface area contributed by atoms with E-state index in [1.165, 1.54) is 17.7 Å². The Kier molecular flexibility index (Phi) is 4.53. The van der Waals surface area contributed by atoms with Crippen molar-refractivity contribution in [2.24, 2.45) is 0 Å². The van der Waals surface area contributed by atoms with Crippen molar-refractivity contribution in [3.05, 3.63) is 65.5 Å². The Balaban J connectivity index is 1.96. The van der Waals surface area contributed by atoms with Gasteiger partial charge in [0.05, 0.1) is 7.11 Å². The van der Waals surface area contributed by atoms with Gasteiger partial charge < -0.3 is 4.74 Å². The fraction of sp³-hybridized carbons (Fsp3) is 0.250. The Morgan fingerprint density at radius 1 is 1.00 bits per heavy atom. The number of benzene rings is 2. The lowest BCUT2D eigenvalue weighted by molar-refractivity contribution is 0.318. The summed E-state index contributed by atoms with van der Waals surface area (Å²) in [6.45, 7) is 1.62. The molecule has 0 radical (unpaired) electrons. The molecule has 0 spiro atoms. The maximum Gasteiger partial charge on any atom is 0.123 e. The fourth-order valence-corrected chi connectivity index (χ4v) is 2.04. The molecular formula is C16H18FNO. The van der Waals surface area contributed by atoms with Crippen LogP contribution >= 0.6 is 0 Å². The lowest BCUT2D eigenvalue weighted by Gasteiger charge is -2.17. The van der Waals surface area contributed by atoms with Crippen LogP contribution in [0.4, 0.5) is 4.39 Å². The summed E-state index contributed by atoms with van der Waals surface area (Å²) in [6.07, 6.45) is 0. The fourth-order valence-electron chi connectivity index (χ4n) is 2.04. The third-order valence-corrected chi connectivity index (χ3v) is 2.95. The van der Waals surface area contributed by atoms with E-state index in [4.69, 9.17) is 4.74 Å². The maximum atomic E-state index is 12.8. The van der Waals surface area contributed by atoms with Crippen LogP contribution < -0.4 is 4.74 Å². The molecule has 2 rings (SSSR count). The molecule has 0 aliphatic heterocycles. The molecule has 0 unspecified atom stereocenters. The summed E-state index contributed by atoms with van der Waals surface area (Å²) < 4.78 is 18.0. The van der Waals surface area contributed by atoms with Crippen LogP contribution in [0.2, 0.25) is 0 Å². The normalized spacial score (nSPS) is 10.7. The van der Waals surface area contributed by atoms with Gasteiger partial charge in [-0.25, -0.2) is 4.39 Å². The number of ether oxygens (including phenoxy) is 1. The van der Waals surface area contributed by atoms with Crippen LogP contribution in [0.1, 0.15) is 11.1 Å². The van der Waals surface area contributed by atoms with Gasteiger partial charge in [0.2, 0.25) is 0 Å². The van der Waals surface area contributed by atoms with Crippen LogP contribution in [0.3, 0.4) is 0 Å². The second-order valence-corrected chi connectivity index (χ2v) is 4.65. The molecule has 0 aromatic heterocycles. The molecule has 2 nitrogen and oxygen atoms in total. The van der Waals surface area contributed by atoms with Crippen molar-refractivity contribution in [3.8, 4) is 5.75 Å². The highest BCUT2D eigenvalue weighted by molar-refractivity contribution is 5.28. The van der Waals surface area contributed by atoms with E-state index in [1.807, 2.05) is 37.4 Å². The summed E-state index contributed by atoms with van der Waals surface area (Å²) in [5.41, 5.74) is 2.30. The summed E-state index contributed by atoms with van der Waals surface area (Å²) in [7, 11) is 3.71.